The Balaban J connectivity index is 1.26. The zero-order chi connectivity index (χ0) is 21.4. The monoisotopic (exact) mass is 420 g/mol. The van der Waals surface area contributed by atoms with E-state index in [1.807, 2.05) is 47.2 Å². The predicted molar refractivity (Wildman–Crippen MR) is 116 cm³/mol. The van der Waals surface area contributed by atoms with Crippen LogP contribution in [0.2, 0.25) is 0 Å². The lowest BCUT2D eigenvalue weighted by Gasteiger charge is -2.34. The second kappa shape index (κ2) is 8.21. The molecular weight excluding hydrogens is 392 g/mol. The molecule has 1 aromatic carbocycles. The molecule has 31 heavy (non-hydrogen) atoms. The van der Waals surface area contributed by atoms with Gasteiger partial charge in [0.2, 0.25) is 11.8 Å². The van der Waals surface area contributed by atoms with E-state index in [1.54, 1.807) is 0 Å². The highest BCUT2D eigenvalue weighted by atomic mass is 16.5. The van der Waals surface area contributed by atoms with Crippen LogP contribution in [0, 0.1) is 0 Å². The Bertz CT molecular complexity index is 1030. The molecule has 0 fully saturated rings. The third-order valence-electron chi connectivity index (χ3n) is 6.43. The second-order valence-electron chi connectivity index (χ2n) is 8.56. The van der Waals surface area contributed by atoms with Crippen molar-refractivity contribution in [3.63, 3.8) is 0 Å². The lowest BCUT2D eigenvalue weighted by Crippen LogP contribution is -2.41. The molecule has 0 aliphatic carbocycles. The maximum Gasteiger partial charge on any atom is 0.229 e. The highest BCUT2D eigenvalue weighted by Crippen LogP contribution is 2.28. The fourth-order valence-electron chi connectivity index (χ4n) is 4.72. The van der Waals surface area contributed by atoms with Crippen molar-refractivity contribution in [1.29, 1.82) is 0 Å². The molecular formula is C24H28N4O3. The van der Waals surface area contributed by atoms with Crippen molar-refractivity contribution < 1.29 is 14.3 Å². The number of hydrogen-bond donors (Lipinski definition) is 0. The molecule has 0 spiro atoms. The number of imidazole rings is 1. The first kappa shape index (κ1) is 19.8. The molecule has 5 rings (SSSR count). The van der Waals surface area contributed by atoms with Crippen molar-refractivity contribution in [3.05, 3.63) is 59.2 Å². The Morgan fingerprint density at radius 3 is 2.81 bits per heavy atom. The molecule has 0 bridgehead atoms. The molecule has 0 saturated heterocycles. The number of benzene rings is 1. The quantitative estimate of drug-likeness (QED) is 0.712. The average Bonchev–Trinajstić information content (AvgIpc) is 3.44. The minimum atomic E-state index is -0.112. The molecule has 0 radical (unpaired) electrons. The lowest BCUT2D eigenvalue weighted by atomic mass is 10.0. The van der Waals surface area contributed by atoms with Crippen LogP contribution in [0.1, 0.15) is 42.0 Å². The third-order valence-corrected chi connectivity index (χ3v) is 6.43. The molecule has 1 aromatic heterocycles. The summed E-state index contributed by atoms with van der Waals surface area (Å²) >= 11 is 0. The van der Waals surface area contributed by atoms with Crippen LogP contribution in [0.5, 0.6) is 5.75 Å². The number of aromatic nitrogens is 2. The minimum absolute atomic E-state index is 0.0948. The number of amides is 2. The van der Waals surface area contributed by atoms with Crippen molar-refractivity contribution in [2.75, 3.05) is 26.2 Å². The van der Waals surface area contributed by atoms with Crippen molar-refractivity contribution in [1.82, 2.24) is 19.4 Å². The van der Waals surface area contributed by atoms with Gasteiger partial charge in [0.15, 0.2) is 0 Å². The molecule has 3 aliphatic rings. The zero-order valence-corrected chi connectivity index (χ0v) is 17.9. The molecule has 162 valence electrons. The van der Waals surface area contributed by atoms with Gasteiger partial charge >= 0.3 is 0 Å². The highest BCUT2D eigenvalue weighted by molar-refractivity contribution is 5.80. The summed E-state index contributed by atoms with van der Waals surface area (Å²) in [6, 6.07) is 5.98. The largest absolute Gasteiger partial charge is 0.493 e. The third kappa shape index (κ3) is 3.96. The molecule has 4 heterocycles. The number of ether oxygens (including phenoxy) is 1. The van der Waals surface area contributed by atoms with Gasteiger partial charge < -0.3 is 19.1 Å². The lowest BCUT2D eigenvalue weighted by molar-refractivity contribution is -0.134. The number of carbonyl (C=O) groups excluding carboxylic acids is 2. The predicted octanol–water partition coefficient (Wildman–Crippen LogP) is 2.29. The summed E-state index contributed by atoms with van der Waals surface area (Å²) in [6.07, 6.45) is 8.71. The van der Waals surface area contributed by atoms with Gasteiger partial charge in [-0.3, -0.25) is 9.59 Å². The van der Waals surface area contributed by atoms with Crippen LogP contribution in [-0.4, -0.2) is 57.4 Å². The topological polar surface area (TPSA) is 67.7 Å². The average molecular weight is 421 g/mol. The van der Waals surface area contributed by atoms with Crippen LogP contribution >= 0.6 is 0 Å². The Morgan fingerprint density at radius 2 is 1.97 bits per heavy atom. The summed E-state index contributed by atoms with van der Waals surface area (Å²) in [5, 5.41) is 0. The van der Waals surface area contributed by atoms with Crippen LogP contribution < -0.4 is 4.74 Å². The van der Waals surface area contributed by atoms with E-state index < -0.39 is 0 Å². The van der Waals surface area contributed by atoms with Gasteiger partial charge in [0.05, 0.1) is 31.2 Å². The summed E-state index contributed by atoms with van der Waals surface area (Å²) < 4.78 is 7.77. The summed E-state index contributed by atoms with van der Waals surface area (Å²) in [4.78, 5) is 34.0. The van der Waals surface area contributed by atoms with Gasteiger partial charge in [0, 0.05) is 32.4 Å². The molecule has 0 unspecified atom stereocenters. The Labute approximate surface area is 182 Å². The van der Waals surface area contributed by atoms with Gasteiger partial charge in [-0.1, -0.05) is 24.3 Å². The normalized spacial score (nSPS) is 19.7. The van der Waals surface area contributed by atoms with Gasteiger partial charge in [-0.2, -0.15) is 0 Å². The van der Waals surface area contributed by atoms with Crippen molar-refractivity contribution >= 4 is 11.8 Å². The van der Waals surface area contributed by atoms with E-state index in [0.717, 1.165) is 42.3 Å². The molecule has 3 aliphatic heterocycles. The van der Waals surface area contributed by atoms with Gasteiger partial charge in [-0.15, -0.1) is 0 Å². The number of rotatable bonds is 4. The van der Waals surface area contributed by atoms with Gasteiger partial charge in [-0.05, 0) is 37.0 Å². The van der Waals surface area contributed by atoms with Crippen molar-refractivity contribution in [2.24, 2.45) is 0 Å². The van der Waals surface area contributed by atoms with Crippen LogP contribution in [0.15, 0.2) is 36.5 Å². The van der Waals surface area contributed by atoms with E-state index in [2.05, 4.69) is 10.6 Å². The zero-order valence-electron chi connectivity index (χ0n) is 17.9. The van der Waals surface area contributed by atoms with Crippen LogP contribution in [0.4, 0.5) is 0 Å². The van der Waals surface area contributed by atoms with Gasteiger partial charge in [0.25, 0.3) is 0 Å². The molecule has 1 atom stereocenters. The fraction of sp³-hybridized carbons (Fsp3) is 0.458. The maximum atomic E-state index is 13.1. The first-order valence-electron chi connectivity index (χ1n) is 11.1. The van der Waals surface area contributed by atoms with Crippen LogP contribution in [0.25, 0.3) is 0 Å². The number of aryl methyl sites for hydroxylation is 1. The van der Waals surface area contributed by atoms with Crippen molar-refractivity contribution in [3.8, 4) is 5.75 Å². The summed E-state index contributed by atoms with van der Waals surface area (Å²) in [6.45, 7) is 5.51. The SMILES string of the molecule is C[C@@H]1c2nc(CC(=O)N3CC=CC3)cn2CCN1C(=O)Cc1ccc2c(c1)CCCO2. The number of carbonyl (C=O) groups is 2. The second-order valence-corrected chi connectivity index (χ2v) is 8.56. The molecule has 0 saturated carbocycles. The number of nitrogens with zero attached hydrogens (tertiary/aromatic N) is 4. The molecule has 7 heteroatoms. The molecule has 2 aromatic rings. The van der Waals surface area contributed by atoms with E-state index in [-0.39, 0.29) is 17.9 Å². The van der Waals surface area contributed by atoms with E-state index in [1.165, 1.54) is 5.56 Å². The van der Waals surface area contributed by atoms with Crippen LogP contribution in [0.3, 0.4) is 0 Å². The minimum Gasteiger partial charge on any atom is -0.493 e. The molecule has 7 nitrogen and oxygen atoms in total. The number of hydrogen-bond acceptors (Lipinski definition) is 4. The number of fused-ring (bicyclic) bond motifs is 2. The van der Waals surface area contributed by atoms with E-state index >= 15 is 0 Å². The van der Waals surface area contributed by atoms with Gasteiger partial charge in [-0.25, -0.2) is 4.98 Å². The summed E-state index contributed by atoms with van der Waals surface area (Å²) in [5.41, 5.74) is 3.00. The Hall–Kier alpha value is -3.09. The first-order chi connectivity index (χ1) is 15.1. The summed E-state index contributed by atoms with van der Waals surface area (Å²) in [5.74, 6) is 2.01. The van der Waals surface area contributed by atoms with Crippen LogP contribution in [-0.2, 0) is 35.4 Å². The van der Waals surface area contributed by atoms with E-state index in [4.69, 9.17) is 9.72 Å². The fourth-order valence-corrected chi connectivity index (χ4v) is 4.72. The smallest absolute Gasteiger partial charge is 0.229 e. The van der Waals surface area contributed by atoms with Gasteiger partial charge in [0.1, 0.15) is 11.6 Å². The molecule has 0 N–H and O–H groups in total. The Morgan fingerprint density at radius 1 is 1.13 bits per heavy atom. The standard InChI is InChI=1S/C24H28N4O3/c1-17-24-25-20(15-22(29)26-8-2-3-9-26)16-27(24)10-11-28(17)23(30)14-18-6-7-21-19(13-18)5-4-12-31-21/h2-3,6-7,13,16-17H,4-5,8-12,14-15H2,1H3/t17-/m1/s1. The molecule has 2 amide bonds. The van der Waals surface area contributed by atoms with E-state index in [0.29, 0.717) is 39.0 Å². The van der Waals surface area contributed by atoms with Crippen molar-refractivity contribution in [2.45, 2.75) is 45.2 Å². The maximum absolute atomic E-state index is 13.1. The van der Waals surface area contributed by atoms with E-state index in [9.17, 15) is 9.59 Å². The highest BCUT2D eigenvalue weighted by Gasteiger charge is 2.30. The Kier molecular flexibility index (Phi) is 5.26. The first-order valence-corrected chi connectivity index (χ1v) is 11.1. The summed E-state index contributed by atoms with van der Waals surface area (Å²) in [7, 11) is 0.